The number of para-hydroxylation sites is 1. The van der Waals surface area contributed by atoms with E-state index >= 15 is 0 Å². The van der Waals surface area contributed by atoms with Crippen LogP contribution >= 0.6 is 11.8 Å². The van der Waals surface area contributed by atoms with Crippen LogP contribution in [-0.2, 0) is 4.74 Å². The van der Waals surface area contributed by atoms with Crippen LogP contribution in [0.1, 0.15) is 0 Å². The molecule has 3 rings (SSSR count). The molecule has 0 radical (unpaired) electrons. The van der Waals surface area contributed by atoms with Crippen LogP contribution in [0.15, 0.2) is 57.7 Å². The van der Waals surface area contributed by atoms with Crippen molar-refractivity contribution < 1.29 is 4.74 Å². The summed E-state index contributed by atoms with van der Waals surface area (Å²) in [5, 5.41) is 0. The maximum absolute atomic E-state index is 5.11. The molecule has 0 saturated carbocycles. The highest BCUT2D eigenvalue weighted by Gasteiger charge is 2.17. The number of allylic oxidation sites excluding steroid dienone is 2. The van der Waals surface area contributed by atoms with Gasteiger partial charge in [-0.2, -0.15) is 0 Å². The first-order chi connectivity index (χ1) is 6.93. The van der Waals surface area contributed by atoms with E-state index in [1.807, 2.05) is 24.3 Å². The maximum Gasteiger partial charge on any atom is 0.106 e. The van der Waals surface area contributed by atoms with Crippen LogP contribution in [0.2, 0.25) is 0 Å². The van der Waals surface area contributed by atoms with Crippen molar-refractivity contribution in [3.63, 3.8) is 0 Å². The zero-order valence-corrected chi connectivity index (χ0v) is 8.12. The van der Waals surface area contributed by atoms with Gasteiger partial charge in [0.2, 0.25) is 0 Å². The van der Waals surface area contributed by atoms with Crippen molar-refractivity contribution in [2.45, 2.75) is 4.90 Å². The summed E-state index contributed by atoms with van der Waals surface area (Å²) in [4.78, 5) is 6.79. The van der Waals surface area contributed by atoms with Crippen LogP contribution in [0.25, 0.3) is 0 Å². The van der Waals surface area contributed by atoms with Gasteiger partial charge < -0.3 is 4.74 Å². The number of hydrogen-bond donors (Lipinski definition) is 0. The Morgan fingerprint density at radius 3 is 3.14 bits per heavy atom. The molecule has 2 nitrogen and oxygen atoms in total. The highest BCUT2D eigenvalue weighted by atomic mass is 32.2. The molecule has 0 bridgehead atoms. The molecule has 2 aliphatic rings. The molecule has 0 atom stereocenters. The standard InChI is InChI=1S/C11H7NOS/c1-2-4-10-8(3-1)12-9-5-6-13-7-11(9)14-10/h1-7H. The van der Waals surface area contributed by atoms with Gasteiger partial charge in [-0.3, -0.25) is 0 Å². The topological polar surface area (TPSA) is 21.6 Å². The van der Waals surface area contributed by atoms with Gasteiger partial charge in [0.15, 0.2) is 0 Å². The van der Waals surface area contributed by atoms with Crippen molar-refractivity contribution in [3.8, 4) is 0 Å². The molecule has 0 spiro atoms. The summed E-state index contributed by atoms with van der Waals surface area (Å²) in [5.74, 6) is 0. The molecule has 0 saturated heterocycles. The number of rotatable bonds is 0. The van der Waals surface area contributed by atoms with Gasteiger partial charge in [0, 0.05) is 11.0 Å². The minimum atomic E-state index is 0.986. The Labute approximate surface area is 86.0 Å². The fraction of sp³-hybridized carbons (Fsp3) is 0. The van der Waals surface area contributed by atoms with E-state index in [0.717, 1.165) is 16.3 Å². The Kier molecular flexibility index (Phi) is 1.70. The van der Waals surface area contributed by atoms with E-state index in [1.165, 1.54) is 4.90 Å². The van der Waals surface area contributed by atoms with Gasteiger partial charge in [0.25, 0.3) is 0 Å². The Hall–Kier alpha value is -1.48. The fourth-order valence-electron chi connectivity index (χ4n) is 1.40. The van der Waals surface area contributed by atoms with Crippen LogP contribution in [0.4, 0.5) is 5.69 Å². The predicted molar refractivity (Wildman–Crippen MR) is 57.7 cm³/mol. The van der Waals surface area contributed by atoms with E-state index in [9.17, 15) is 0 Å². The zero-order valence-electron chi connectivity index (χ0n) is 7.31. The first kappa shape index (κ1) is 7.88. The van der Waals surface area contributed by atoms with E-state index in [0.29, 0.717) is 0 Å². The van der Waals surface area contributed by atoms with Gasteiger partial charge in [-0.1, -0.05) is 23.9 Å². The lowest BCUT2D eigenvalue weighted by Crippen LogP contribution is -2.03. The number of nitrogens with zero attached hydrogens (tertiary/aromatic N) is 1. The second kappa shape index (κ2) is 3.03. The van der Waals surface area contributed by atoms with Crippen LogP contribution < -0.4 is 0 Å². The highest BCUT2D eigenvalue weighted by molar-refractivity contribution is 8.04. The Morgan fingerprint density at radius 2 is 2.14 bits per heavy atom. The van der Waals surface area contributed by atoms with Crippen molar-refractivity contribution in [1.82, 2.24) is 0 Å². The molecular formula is C11H7NOS. The van der Waals surface area contributed by atoms with E-state index in [1.54, 1.807) is 24.3 Å². The normalized spacial score (nSPS) is 17.4. The fourth-order valence-corrected chi connectivity index (χ4v) is 2.32. The number of aliphatic imine (C=N–C) groups is 1. The third-order valence-electron chi connectivity index (χ3n) is 2.06. The van der Waals surface area contributed by atoms with E-state index in [2.05, 4.69) is 11.1 Å². The van der Waals surface area contributed by atoms with Crippen molar-refractivity contribution in [3.05, 3.63) is 47.8 Å². The Bertz CT molecular complexity index is 474. The Balaban J connectivity index is 2.17. The van der Waals surface area contributed by atoms with Crippen molar-refractivity contribution >= 4 is 23.2 Å². The van der Waals surface area contributed by atoms with Gasteiger partial charge >= 0.3 is 0 Å². The molecule has 3 heteroatoms. The molecule has 0 fully saturated rings. The molecular weight excluding hydrogens is 194 g/mol. The summed E-state index contributed by atoms with van der Waals surface area (Å²) in [7, 11) is 0. The van der Waals surface area contributed by atoms with Crippen molar-refractivity contribution in [1.29, 1.82) is 0 Å². The van der Waals surface area contributed by atoms with E-state index < -0.39 is 0 Å². The van der Waals surface area contributed by atoms with E-state index in [4.69, 9.17) is 4.74 Å². The minimum Gasteiger partial charge on any atom is -0.471 e. The molecule has 0 aliphatic carbocycles. The molecule has 1 aromatic rings. The molecule has 0 aromatic heterocycles. The van der Waals surface area contributed by atoms with Crippen molar-refractivity contribution in [2.75, 3.05) is 0 Å². The summed E-state index contributed by atoms with van der Waals surface area (Å²) in [6.07, 6.45) is 5.27. The largest absolute Gasteiger partial charge is 0.471 e. The molecule has 1 aromatic carbocycles. The van der Waals surface area contributed by atoms with Crippen LogP contribution in [-0.4, -0.2) is 5.71 Å². The minimum absolute atomic E-state index is 0.986. The second-order valence-electron chi connectivity index (χ2n) is 2.99. The summed E-state index contributed by atoms with van der Waals surface area (Å²) in [5.41, 5.74) is 2.02. The van der Waals surface area contributed by atoms with Gasteiger partial charge in [-0.15, -0.1) is 0 Å². The molecule has 68 valence electrons. The highest BCUT2D eigenvalue weighted by Crippen LogP contribution is 2.40. The van der Waals surface area contributed by atoms with Crippen LogP contribution in [0.5, 0.6) is 0 Å². The first-order valence-corrected chi connectivity index (χ1v) is 5.13. The average molecular weight is 201 g/mol. The quantitative estimate of drug-likeness (QED) is 0.642. The Morgan fingerprint density at radius 1 is 1.21 bits per heavy atom. The smallest absolute Gasteiger partial charge is 0.106 e. The van der Waals surface area contributed by atoms with Crippen LogP contribution in [0, 0.1) is 0 Å². The number of thioether (sulfide) groups is 1. The lowest BCUT2D eigenvalue weighted by molar-refractivity contribution is 0.400. The monoisotopic (exact) mass is 201 g/mol. The van der Waals surface area contributed by atoms with Crippen LogP contribution in [0.3, 0.4) is 0 Å². The van der Waals surface area contributed by atoms with E-state index in [-0.39, 0.29) is 0 Å². The third kappa shape index (κ3) is 1.17. The van der Waals surface area contributed by atoms with Gasteiger partial charge in [-0.05, 0) is 12.1 Å². The number of ether oxygens (including phenoxy) is 1. The molecule has 14 heavy (non-hydrogen) atoms. The molecule has 0 unspecified atom stereocenters. The van der Waals surface area contributed by atoms with Gasteiger partial charge in [-0.25, -0.2) is 4.99 Å². The summed E-state index contributed by atoms with van der Waals surface area (Å²) < 4.78 is 5.11. The van der Waals surface area contributed by atoms with Crippen molar-refractivity contribution in [2.24, 2.45) is 4.99 Å². The molecule has 0 N–H and O–H groups in total. The maximum atomic E-state index is 5.11. The van der Waals surface area contributed by atoms with Gasteiger partial charge in [0.1, 0.15) is 6.26 Å². The number of hydrogen-bond acceptors (Lipinski definition) is 3. The summed E-state index contributed by atoms with van der Waals surface area (Å²) >= 11 is 1.69. The lowest BCUT2D eigenvalue weighted by atomic mass is 10.3. The third-order valence-corrected chi connectivity index (χ3v) is 3.15. The molecule has 2 heterocycles. The predicted octanol–water partition coefficient (Wildman–Crippen LogP) is 3.25. The number of fused-ring (bicyclic) bond motifs is 2. The second-order valence-corrected chi connectivity index (χ2v) is 4.07. The summed E-state index contributed by atoms with van der Waals surface area (Å²) in [6, 6.07) is 8.11. The SMILES string of the molecule is C1=CC2=Nc3ccccc3SC2=CO1. The molecule has 2 aliphatic heterocycles. The number of benzene rings is 1. The first-order valence-electron chi connectivity index (χ1n) is 4.31. The molecule has 0 amide bonds. The summed E-state index contributed by atoms with van der Waals surface area (Å²) in [6.45, 7) is 0. The average Bonchev–Trinajstić information content (AvgIpc) is 2.26. The lowest BCUT2D eigenvalue weighted by Gasteiger charge is -2.17. The van der Waals surface area contributed by atoms with Gasteiger partial charge in [0.05, 0.1) is 22.6 Å². The zero-order chi connectivity index (χ0) is 9.38.